The van der Waals surface area contributed by atoms with Crippen molar-refractivity contribution in [1.82, 2.24) is 0 Å². The summed E-state index contributed by atoms with van der Waals surface area (Å²) in [4.78, 5) is 16.6. The molecule has 1 aromatic carbocycles. The molecule has 1 aromatic rings. The quantitative estimate of drug-likeness (QED) is 0.911. The van der Waals surface area contributed by atoms with Gasteiger partial charge in [-0.2, -0.15) is 4.99 Å². The summed E-state index contributed by atoms with van der Waals surface area (Å²) in [5.41, 5.74) is 2.15. The smallest absolute Gasteiger partial charge is 0.264 e. The third kappa shape index (κ3) is 2.85. The molecule has 1 amide bonds. The minimum atomic E-state index is -0.450. The molecule has 0 saturated carbocycles. The molecular weight excluding hydrogens is 284 g/mol. The zero-order chi connectivity index (χ0) is 14.9. The number of ether oxygens (including phenoxy) is 1. The van der Waals surface area contributed by atoms with Gasteiger partial charge >= 0.3 is 0 Å². The summed E-state index contributed by atoms with van der Waals surface area (Å²) >= 11 is 1.56. The SMILES string of the molecule is Cc1ccccc1NC1=NC(=O)C(C)(C2CCOCC2)S1. The highest BCUT2D eigenvalue weighted by Gasteiger charge is 2.47. The first-order valence-corrected chi connectivity index (χ1v) is 8.14. The van der Waals surface area contributed by atoms with E-state index < -0.39 is 4.75 Å². The molecule has 0 spiro atoms. The number of amides is 1. The molecule has 1 unspecified atom stereocenters. The number of carbonyl (C=O) groups is 1. The third-order valence-electron chi connectivity index (χ3n) is 4.32. The van der Waals surface area contributed by atoms with Crippen molar-refractivity contribution in [1.29, 1.82) is 0 Å². The van der Waals surface area contributed by atoms with Gasteiger partial charge in [0.05, 0.1) is 0 Å². The van der Waals surface area contributed by atoms with E-state index in [1.807, 2.05) is 38.1 Å². The lowest BCUT2D eigenvalue weighted by molar-refractivity contribution is -0.121. The molecule has 0 aromatic heterocycles. The Bertz CT molecular complexity index is 581. The van der Waals surface area contributed by atoms with Crippen LogP contribution in [0.15, 0.2) is 29.3 Å². The second-order valence-corrected chi connectivity index (χ2v) is 7.20. The molecule has 1 N–H and O–H groups in total. The molecule has 2 heterocycles. The third-order valence-corrected chi connectivity index (χ3v) is 5.64. The predicted molar refractivity (Wildman–Crippen MR) is 86.8 cm³/mol. The molecule has 1 atom stereocenters. The zero-order valence-corrected chi connectivity index (χ0v) is 13.2. The Balaban J connectivity index is 1.74. The van der Waals surface area contributed by atoms with Crippen LogP contribution < -0.4 is 5.32 Å². The van der Waals surface area contributed by atoms with Gasteiger partial charge in [0, 0.05) is 18.9 Å². The van der Waals surface area contributed by atoms with Crippen molar-refractivity contribution >= 4 is 28.5 Å². The number of hydrogen-bond donors (Lipinski definition) is 1. The number of rotatable bonds is 2. The van der Waals surface area contributed by atoms with Crippen molar-refractivity contribution in [3.63, 3.8) is 0 Å². The lowest BCUT2D eigenvalue weighted by Gasteiger charge is -2.33. The second-order valence-electron chi connectivity index (χ2n) is 5.76. The maximum Gasteiger partial charge on any atom is 0.264 e. The first-order chi connectivity index (χ1) is 10.1. The van der Waals surface area contributed by atoms with Crippen LogP contribution in [0, 0.1) is 12.8 Å². The topological polar surface area (TPSA) is 50.7 Å². The molecule has 0 bridgehead atoms. The first kappa shape index (κ1) is 14.6. The van der Waals surface area contributed by atoms with Crippen LogP contribution in [0.2, 0.25) is 0 Å². The molecule has 0 radical (unpaired) electrons. The van der Waals surface area contributed by atoms with Gasteiger partial charge < -0.3 is 10.1 Å². The zero-order valence-electron chi connectivity index (χ0n) is 12.4. The molecule has 21 heavy (non-hydrogen) atoms. The van der Waals surface area contributed by atoms with Crippen LogP contribution in [0.1, 0.15) is 25.3 Å². The largest absolute Gasteiger partial charge is 0.381 e. The van der Waals surface area contributed by atoms with E-state index in [1.165, 1.54) is 0 Å². The number of carbonyl (C=O) groups excluding carboxylic acids is 1. The lowest BCUT2D eigenvalue weighted by Crippen LogP contribution is -2.40. The van der Waals surface area contributed by atoms with Gasteiger partial charge in [0.2, 0.25) is 0 Å². The first-order valence-electron chi connectivity index (χ1n) is 7.32. The van der Waals surface area contributed by atoms with Crippen LogP contribution >= 0.6 is 11.8 Å². The van der Waals surface area contributed by atoms with Crippen molar-refractivity contribution < 1.29 is 9.53 Å². The van der Waals surface area contributed by atoms with Gasteiger partial charge in [0.1, 0.15) is 4.75 Å². The van der Waals surface area contributed by atoms with Crippen LogP contribution in [0.4, 0.5) is 5.69 Å². The molecule has 1 fully saturated rings. The average Bonchev–Trinajstić information content (AvgIpc) is 2.78. The number of anilines is 1. The summed E-state index contributed by atoms with van der Waals surface area (Å²) in [6, 6.07) is 8.03. The number of nitrogens with one attached hydrogen (secondary N) is 1. The highest BCUT2D eigenvalue weighted by molar-refractivity contribution is 8.16. The van der Waals surface area contributed by atoms with Gasteiger partial charge in [-0.3, -0.25) is 4.79 Å². The van der Waals surface area contributed by atoms with E-state index in [0.717, 1.165) is 37.3 Å². The molecule has 2 aliphatic heterocycles. The average molecular weight is 304 g/mol. The molecular formula is C16H20N2O2S. The highest BCUT2D eigenvalue weighted by atomic mass is 32.2. The Morgan fingerprint density at radius 1 is 1.33 bits per heavy atom. The van der Waals surface area contributed by atoms with Gasteiger partial charge in [-0.25, -0.2) is 0 Å². The molecule has 112 valence electrons. The Labute approximate surface area is 129 Å². The van der Waals surface area contributed by atoms with Crippen molar-refractivity contribution in [2.75, 3.05) is 18.5 Å². The van der Waals surface area contributed by atoms with Gasteiger partial charge in [-0.05, 0) is 44.2 Å². The van der Waals surface area contributed by atoms with Gasteiger partial charge in [-0.1, -0.05) is 30.0 Å². The van der Waals surface area contributed by atoms with E-state index in [0.29, 0.717) is 11.1 Å². The molecule has 3 rings (SSSR count). The number of aryl methyl sites for hydroxylation is 1. The minimum Gasteiger partial charge on any atom is -0.381 e. The fourth-order valence-electron chi connectivity index (χ4n) is 2.86. The number of amidine groups is 1. The molecule has 2 aliphatic rings. The van der Waals surface area contributed by atoms with Crippen molar-refractivity contribution in [2.45, 2.75) is 31.4 Å². The van der Waals surface area contributed by atoms with Gasteiger partial charge in [-0.15, -0.1) is 0 Å². The van der Waals surface area contributed by atoms with E-state index >= 15 is 0 Å². The fraction of sp³-hybridized carbons (Fsp3) is 0.500. The molecule has 1 saturated heterocycles. The number of hydrogen-bond acceptors (Lipinski definition) is 4. The number of para-hydroxylation sites is 1. The van der Waals surface area contributed by atoms with E-state index in [4.69, 9.17) is 4.74 Å². The fourth-order valence-corrected chi connectivity index (χ4v) is 4.09. The van der Waals surface area contributed by atoms with E-state index in [-0.39, 0.29) is 5.91 Å². The monoisotopic (exact) mass is 304 g/mol. The lowest BCUT2D eigenvalue weighted by atomic mass is 9.86. The Kier molecular flexibility index (Phi) is 4.04. The maximum atomic E-state index is 12.4. The highest BCUT2D eigenvalue weighted by Crippen LogP contribution is 2.44. The summed E-state index contributed by atoms with van der Waals surface area (Å²) in [6.07, 6.45) is 1.87. The molecule has 5 heteroatoms. The van der Waals surface area contributed by atoms with Crippen molar-refractivity contribution in [3.8, 4) is 0 Å². The summed E-state index contributed by atoms with van der Waals surface area (Å²) in [5, 5.41) is 4.01. The van der Waals surface area contributed by atoms with Crippen molar-refractivity contribution in [3.05, 3.63) is 29.8 Å². The van der Waals surface area contributed by atoms with Crippen LogP contribution in [-0.4, -0.2) is 29.0 Å². The van der Waals surface area contributed by atoms with Gasteiger partial charge in [0.15, 0.2) is 5.17 Å². The summed E-state index contributed by atoms with van der Waals surface area (Å²) in [6.45, 7) is 5.55. The number of benzene rings is 1. The summed E-state index contributed by atoms with van der Waals surface area (Å²) in [5.74, 6) is 0.319. The minimum absolute atomic E-state index is 0.0181. The normalized spacial score (nSPS) is 26.8. The maximum absolute atomic E-state index is 12.4. The Morgan fingerprint density at radius 2 is 2.05 bits per heavy atom. The standard InChI is InChI=1S/C16H20N2O2S/c1-11-5-3-4-6-13(11)17-15-18-14(19)16(2,21-15)12-7-9-20-10-8-12/h3-6,12H,7-10H2,1-2H3,(H,17,18,19). The van der Waals surface area contributed by atoms with E-state index in [2.05, 4.69) is 10.3 Å². The summed E-state index contributed by atoms with van der Waals surface area (Å²) in [7, 11) is 0. The Hall–Kier alpha value is -1.33. The number of thioether (sulfide) groups is 1. The van der Waals surface area contributed by atoms with Crippen LogP contribution in [-0.2, 0) is 9.53 Å². The number of nitrogens with zero attached hydrogens (tertiary/aromatic N) is 1. The number of aliphatic imine (C=N–C) groups is 1. The summed E-state index contributed by atoms with van der Waals surface area (Å²) < 4.78 is 4.95. The van der Waals surface area contributed by atoms with Crippen LogP contribution in [0.5, 0.6) is 0 Å². The van der Waals surface area contributed by atoms with Gasteiger partial charge in [0.25, 0.3) is 5.91 Å². The van der Waals surface area contributed by atoms with E-state index in [1.54, 1.807) is 11.8 Å². The Morgan fingerprint density at radius 3 is 2.76 bits per heavy atom. The van der Waals surface area contributed by atoms with Crippen molar-refractivity contribution in [2.24, 2.45) is 10.9 Å². The van der Waals surface area contributed by atoms with E-state index in [9.17, 15) is 4.79 Å². The predicted octanol–water partition coefficient (Wildman–Crippen LogP) is 3.22. The second kappa shape index (κ2) is 5.81. The molecule has 4 nitrogen and oxygen atoms in total. The molecule has 0 aliphatic carbocycles. The van der Waals surface area contributed by atoms with Crippen LogP contribution in [0.3, 0.4) is 0 Å². The van der Waals surface area contributed by atoms with Crippen LogP contribution in [0.25, 0.3) is 0 Å².